The molecule has 2 N–H and O–H groups in total. The number of nitrogens with zero attached hydrogens (tertiary/aromatic N) is 2. The Kier molecular flexibility index (Phi) is 5.21. The summed E-state index contributed by atoms with van der Waals surface area (Å²) in [5, 5.41) is 26.2. The average molecular weight is 409 g/mol. The number of aryl methyl sites for hydroxylation is 1. The molecule has 3 rings (SSSR count). The Bertz CT molecular complexity index is 1260. The van der Waals surface area contributed by atoms with Crippen LogP contribution in [0.25, 0.3) is 11.1 Å². The zero-order valence-corrected chi connectivity index (χ0v) is 16.0. The smallest absolute Gasteiger partial charge is 0.247 e. The minimum absolute atomic E-state index is 0.00921. The largest absolute Gasteiger partial charge is 0.505 e. The number of nitrogens with one attached hydrogen (secondary N) is 1. The summed E-state index contributed by atoms with van der Waals surface area (Å²) >= 11 is 0. The van der Waals surface area contributed by atoms with Crippen molar-refractivity contribution in [2.45, 2.75) is 16.7 Å². The summed E-state index contributed by atoms with van der Waals surface area (Å²) < 4.78 is 31.9. The molecule has 0 bridgehead atoms. The lowest BCUT2D eigenvalue weighted by Gasteiger charge is -2.17. The maximum Gasteiger partial charge on any atom is 0.247 e. The van der Waals surface area contributed by atoms with Crippen molar-refractivity contribution in [3.63, 3.8) is 0 Å². The van der Waals surface area contributed by atoms with E-state index in [1.54, 1.807) is 19.1 Å². The summed E-state index contributed by atoms with van der Waals surface area (Å²) in [7, 11) is -4.29. The number of rotatable bonds is 5. The number of hydrogen-bond donors (Lipinski definition) is 2. The third-order valence-corrected chi connectivity index (χ3v) is 5.99. The maximum absolute atomic E-state index is 13.4. The van der Waals surface area contributed by atoms with Gasteiger partial charge in [-0.05, 0) is 31.2 Å². The van der Waals surface area contributed by atoms with Crippen molar-refractivity contribution in [2.75, 3.05) is 5.32 Å². The molecular weight excluding hydrogens is 394 g/mol. The van der Waals surface area contributed by atoms with E-state index in [1.807, 2.05) is 0 Å². The second-order valence-electron chi connectivity index (χ2n) is 5.94. The molecule has 2 aromatic carbocycles. The van der Waals surface area contributed by atoms with Crippen molar-refractivity contribution in [1.29, 1.82) is 5.26 Å². The van der Waals surface area contributed by atoms with E-state index in [-0.39, 0.29) is 33.0 Å². The highest BCUT2D eigenvalue weighted by molar-refractivity contribution is 7.91. The minimum Gasteiger partial charge on any atom is -0.505 e. The van der Waals surface area contributed by atoms with Gasteiger partial charge in [-0.15, -0.1) is 0 Å². The van der Waals surface area contributed by atoms with Gasteiger partial charge >= 0.3 is 0 Å². The highest BCUT2D eigenvalue weighted by Crippen LogP contribution is 2.45. The van der Waals surface area contributed by atoms with Crippen LogP contribution in [0.2, 0.25) is 0 Å². The predicted molar refractivity (Wildman–Crippen MR) is 104 cm³/mol. The number of carbonyl (C=O) groups is 1. The lowest BCUT2D eigenvalue weighted by Crippen LogP contribution is -2.12. The molecule has 0 saturated carbocycles. The number of phenolic OH excluding ortho intramolecular Hbond substituents is 1. The van der Waals surface area contributed by atoms with Gasteiger partial charge in [0, 0.05) is 11.1 Å². The molecule has 1 amide bonds. The molecule has 8 nitrogen and oxygen atoms in total. The van der Waals surface area contributed by atoms with Gasteiger partial charge in [0.15, 0.2) is 5.75 Å². The number of sulfone groups is 1. The number of benzene rings is 2. The summed E-state index contributed by atoms with van der Waals surface area (Å²) in [5.74, 6) is -1.10. The summed E-state index contributed by atoms with van der Waals surface area (Å²) in [6.45, 7) is 4.92. The van der Waals surface area contributed by atoms with Gasteiger partial charge in [0.2, 0.25) is 15.7 Å². The van der Waals surface area contributed by atoms with E-state index in [2.05, 4.69) is 17.1 Å². The zero-order chi connectivity index (χ0) is 21.2. The molecule has 1 aromatic heterocycles. The second-order valence-corrected chi connectivity index (χ2v) is 7.83. The fourth-order valence-corrected chi connectivity index (χ4v) is 4.41. The summed E-state index contributed by atoms with van der Waals surface area (Å²) in [5.41, 5.74) is -0.139. The second kappa shape index (κ2) is 7.61. The lowest BCUT2D eigenvalue weighted by molar-refractivity contribution is -0.111. The third-order valence-electron chi connectivity index (χ3n) is 4.16. The molecule has 0 aliphatic heterocycles. The van der Waals surface area contributed by atoms with E-state index in [0.717, 1.165) is 6.08 Å². The lowest BCUT2D eigenvalue weighted by atomic mass is 10.0. The normalized spacial score (nSPS) is 10.9. The van der Waals surface area contributed by atoms with Gasteiger partial charge in [0.1, 0.15) is 16.7 Å². The van der Waals surface area contributed by atoms with Gasteiger partial charge in [-0.1, -0.05) is 29.9 Å². The van der Waals surface area contributed by atoms with Crippen LogP contribution < -0.4 is 5.32 Å². The van der Waals surface area contributed by atoms with Crippen LogP contribution in [-0.4, -0.2) is 24.6 Å². The van der Waals surface area contributed by atoms with Crippen LogP contribution in [0.1, 0.15) is 11.3 Å². The number of anilines is 1. The summed E-state index contributed by atoms with van der Waals surface area (Å²) in [6.07, 6.45) is 2.26. The van der Waals surface area contributed by atoms with Gasteiger partial charge in [0.05, 0.1) is 22.3 Å². The van der Waals surface area contributed by atoms with Gasteiger partial charge in [-0.3, -0.25) is 4.79 Å². The topological polar surface area (TPSA) is 133 Å². The Morgan fingerprint density at radius 3 is 2.59 bits per heavy atom. The van der Waals surface area contributed by atoms with Crippen molar-refractivity contribution in [2.24, 2.45) is 0 Å². The fourth-order valence-electron chi connectivity index (χ4n) is 2.80. The van der Waals surface area contributed by atoms with Crippen LogP contribution in [-0.2, 0) is 14.6 Å². The van der Waals surface area contributed by atoms with Crippen molar-refractivity contribution < 1.29 is 22.8 Å². The minimum atomic E-state index is -4.29. The summed E-state index contributed by atoms with van der Waals surface area (Å²) in [6, 6.07) is 10.4. The van der Waals surface area contributed by atoms with Gasteiger partial charge in [-0.25, -0.2) is 8.42 Å². The van der Waals surface area contributed by atoms with Gasteiger partial charge < -0.3 is 14.9 Å². The zero-order valence-electron chi connectivity index (χ0n) is 15.2. The molecule has 1 heterocycles. The Hall–Kier alpha value is -3.90. The molecule has 0 atom stereocenters. The van der Waals surface area contributed by atoms with E-state index in [9.17, 15) is 23.6 Å². The van der Waals surface area contributed by atoms with E-state index >= 15 is 0 Å². The Labute approximate surface area is 166 Å². The molecule has 0 radical (unpaired) electrons. The van der Waals surface area contributed by atoms with E-state index < -0.39 is 26.4 Å². The quantitative estimate of drug-likeness (QED) is 0.488. The van der Waals surface area contributed by atoms with E-state index in [4.69, 9.17) is 4.52 Å². The Morgan fingerprint density at radius 1 is 1.34 bits per heavy atom. The maximum atomic E-state index is 13.4. The first-order valence-electron chi connectivity index (χ1n) is 8.26. The molecule has 9 heteroatoms. The predicted octanol–water partition coefficient (Wildman–Crippen LogP) is 3.18. The first-order chi connectivity index (χ1) is 13.8. The molecular formula is C20H15N3O5S. The monoisotopic (exact) mass is 409 g/mol. The first kappa shape index (κ1) is 19.9. The molecule has 29 heavy (non-hydrogen) atoms. The molecule has 0 fully saturated rings. The molecule has 146 valence electrons. The highest BCUT2D eigenvalue weighted by Gasteiger charge is 2.32. The third kappa shape index (κ3) is 3.49. The van der Waals surface area contributed by atoms with Crippen LogP contribution in [0.5, 0.6) is 5.75 Å². The van der Waals surface area contributed by atoms with Crippen molar-refractivity contribution in [1.82, 2.24) is 5.16 Å². The van der Waals surface area contributed by atoms with Crippen molar-refractivity contribution in [3.8, 4) is 22.9 Å². The SMILES string of the molecule is C=CC(=O)Nc1cc(C#N)c(O)c(S(=O)(=O)c2ccccc2)c1-c1cnoc1C. The molecule has 3 aromatic rings. The van der Waals surface area contributed by atoms with E-state index in [1.165, 1.54) is 36.5 Å². The van der Waals surface area contributed by atoms with Crippen LogP contribution in [0.4, 0.5) is 5.69 Å². The first-order valence-corrected chi connectivity index (χ1v) is 9.74. The standard InChI is InChI=1S/C20H15N3O5S/c1-3-17(24)23-16-9-13(10-21)19(25)20(18(16)15-11-22-28-12(15)2)29(26,27)14-7-5-4-6-8-14/h3-9,11,25H,1H2,2H3,(H,23,24). The van der Waals surface area contributed by atoms with Crippen molar-refractivity contribution in [3.05, 3.63) is 66.6 Å². The molecule has 0 spiro atoms. The number of hydrogen-bond acceptors (Lipinski definition) is 7. The Balaban J connectivity index is 2.48. The average Bonchev–Trinajstić information content (AvgIpc) is 3.14. The number of phenols is 1. The molecule has 0 unspecified atom stereocenters. The fraction of sp³-hybridized carbons (Fsp3) is 0.0500. The van der Waals surface area contributed by atoms with Gasteiger partial charge in [0.25, 0.3) is 0 Å². The van der Waals surface area contributed by atoms with Crippen LogP contribution in [0.15, 0.2) is 69.6 Å². The molecule has 0 aliphatic rings. The Morgan fingerprint density at radius 2 is 2.03 bits per heavy atom. The van der Waals surface area contributed by atoms with E-state index in [0.29, 0.717) is 0 Å². The number of nitriles is 1. The van der Waals surface area contributed by atoms with Crippen LogP contribution in [0, 0.1) is 18.3 Å². The van der Waals surface area contributed by atoms with Crippen molar-refractivity contribution >= 4 is 21.4 Å². The van der Waals surface area contributed by atoms with Crippen LogP contribution in [0.3, 0.4) is 0 Å². The summed E-state index contributed by atoms with van der Waals surface area (Å²) in [4.78, 5) is 11.3. The molecule has 0 saturated heterocycles. The van der Waals surface area contributed by atoms with Gasteiger partial charge in [-0.2, -0.15) is 5.26 Å². The highest BCUT2D eigenvalue weighted by atomic mass is 32.2. The van der Waals surface area contributed by atoms with Crippen LogP contribution >= 0.6 is 0 Å². The number of aromatic nitrogens is 1. The number of carbonyl (C=O) groups excluding carboxylic acids is 1. The number of aromatic hydroxyl groups is 1. The number of amides is 1. The molecule has 0 aliphatic carbocycles.